The van der Waals surface area contributed by atoms with E-state index < -0.39 is 0 Å². The van der Waals surface area contributed by atoms with E-state index >= 15 is 0 Å². The topological polar surface area (TPSA) is 21.3 Å². The Labute approximate surface area is 141 Å². The first-order chi connectivity index (χ1) is 9.60. The molecule has 0 aliphatic heterocycles. The molecule has 0 saturated heterocycles. The highest BCUT2D eigenvalue weighted by Crippen LogP contribution is 2.32. The van der Waals surface area contributed by atoms with Gasteiger partial charge in [-0.3, -0.25) is 0 Å². The summed E-state index contributed by atoms with van der Waals surface area (Å²) < 4.78 is 5.32. The lowest BCUT2D eigenvalue weighted by molar-refractivity contribution is 0.408. The molecule has 2 aromatic carbocycles. The Morgan fingerprint density at radius 2 is 1.71 bits per heavy atom. The highest BCUT2D eigenvalue weighted by molar-refractivity contribution is 6.35. The SMILES string of the molecule is COc1c(Cl)cc(Cl)cc1CNCc1ccc(C)cc1.Cl. The standard InChI is InChI=1S/C16H17Cl2NO.ClH/c1-11-3-5-12(6-4-11)9-19-10-13-7-14(17)8-15(18)16(13)20-2;/h3-8,19H,9-10H2,1-2H3;1H. The van der Waals surface area contributed by atoms with Crippen molar-refractivity contribution in [1.82, 2.24) is 5.32 Å². The van der Waals surface area contributed by atoms with Crippen LogP contribution in [0, 0.1) is 6.92 Å². The van der Waals surface area contributed by atoms with Gasteiger partial charge in [-0.1, -0.05) is 53.0 Å². The lowest BCUT2D eigenvalue weighted by Crippen LogP contribution is -2.13. The van der Waals surface area contributed by atoms with Gasteiger partial charge in [0.2, 0.25) is 0 Å². The summed E-state index contributed by atoms with van der Waals surface area (Å²) in [6.45, 7) is 3.51. The van der Waals surface area contributed by atoms with Gasteiger partial charge >= 0.3 is 0 Å². The Hall–Kier alpha value is -0.930. The second kappa shape index (κ2) is 8.50. The molecule has 114 valence electrons. The quantitative estimate of drug-likeness (QED) is 0.820. The normalized spacial score (nSPS) is 10.1. The molecule has 0 fully saturated rings. The van der Waals surface area contributed by atoms with Crippen molar-refractivity contribution in [3.63, 3.8) is 0 Å². The van der Waals surface area contributed by atoms with Crippen molar-refractivity contribution < 1.29 is 4.74 Å². The van der Waals surface area contributed by atoms with E-state index in [1.54, 1.807) is 13.2 Å². The summed E-state index contributed by atoms with van der Waals surface area (Å²) in [5.41, 5.74) is 3.46. The molecule has 0 radical (unpaired) electrons. The van der Waals surface area contributed by atoms with Crippen LogP contribution in [0.15, 0.2) is 36.4 Å². The molecule has 5 heteroatoms. The molecule has 2 nitrogen and oxygen atoms in total. The van der Waals surface area contributed by atoms with E-state index in [4.69, 9.17) is 27.9 Å². The van der Waals surface area contributed by atoms with Crippen LogP contribution < -0.4 is 10.1 Å². The van der Waals surface area contributed by atoms with Crippen molar-refractivity contribution in [1.29, 1.82) is 0 Å². The van der Waals surface area contributed by atoms with Crippen LogP contribution in [0.4, 0.5) is 0 Å². The molecule has 2 aromatic rings. The molecule has 0 amide bonds. The largest absolute Gasteiger partial charge is 0.495 e. The van der Waals surface area contributed by atoms with E-state index in [1.165, 1.54) is 11.1 Å². The van der Waals surface area contributed by atoms with Crippen LogP contribution in [0.1, 0.15) is 16.7 Å². The fourth-order valence-corrected chi connectivity index (χ4v) is 2.63. The summed E-state index contributed by atoms with van der Waals surface area (Å²) in [5.74, 6) is 0.674. The molecule has 2 rings (SSSR count). The van der Waals surface area contributed by atoms with Gasteiger partial charge in [-0.2, -0.15) is 0 Å². The lowest BCUT2D eigenvalue weighted by atomic mass is 10.1. The predicted molar refractivity (Wildman–Crippen MR) is 92.0 cm³/mol. The van der Waals surface area contributed by atoms with Gasteiger partial charge in [-0.15, -0.1) is 12.4 Å². The third-order valence-corrected chi connectivity index (χ3v) is 3.55. The highest BCUT2D eigenvalue weighted by atomic mass is 35.5. The van der Waals surface area contributed by atoms with Crippen LogP contribution in [0.2, 0.25) is 10.0 Å². The van der Waals surface area contributed by atoms with Crippen LogP contribution in [-0.4, -0.2) is 7.11 Å². The average Bonchev–Trinajstić information content (AvgIpc) is 2.40. The molecule has 0 atom stereocenters. The fourth-order valence-electron chi connectivity index (χ4n) is 2.02. The predicted octanol–water partition coefficient (Wildman–Crippen LogP) is 5.02. The maximum atomic E-state index is 6.11. The van der Waals surface area contributed by atoms with Crippen molar-refractivity contribution in [2.24, 2.45) is 0 Å². The fraction of sp³-hybridized carbons (Fsp3) is 0.250. The molecule has 0 aliphatic rings. The van der Waals surface area contributed by atoms with E-state index in [2.05, 4.69) is 36.5 Å². The van der Waals surface area contributed by atoms with Gasteiger partial charge < -0.3 is 10.1 Å². The summed E-state index contributed by atoms with van der Waals surface area (Å²) in [7, 11) is 1.61. The molecule has 0 saturated carbocycles. The lowest BCUT2D eigenvalue weighted by Gasteiger charge is -2.12. The Balaban J connectivity index is 0.00000220. The van der Waals surface area contributed by atoms with Gasteiger partial charge in [0, 0.05) is 23.7 Å². The maximum absolute atomic E-state index is 6.11. The zero-order valence-corrected chi connectivity index (χ0v) is 14.3. The zero-order valence-electron chi connectivity index (χ0n) is 12.0. The van der Waals surface area contributed by atoms with E-state index in [0.29, 0.717) is 22.3 Å². The first kappa shape index (κ1) is 18.1. The number of aryl methyl sites for hydroxylation is 1. The molecule has 0 aliphatic carbocycles. The van der Waals surface area contributed by atoms with E-state index in [-0.39, 0.29) is 12.4 Å². The molecule has 0 bridgehead atoms. The monoisotopic (exact) mass is 345 g/mol. The Morgan fingerprint density at radius 1 is 1.05 bits per heavy atom. The molecule has 0 unspecified atom stereocenters. The average molecular weight is 347 g/mol. The molecule has 0 aromatic heterocycles. The number of halogens is 3. The minimum absolute atomic E-state index is 0. The van der Waals surface area contributed by atoms with E-state index in [9.17, 15) is 0 Å². The minimum atomic E-state index is 0. The highest BCUT2D eigenvalue weighted by Gasteiger charge is 2.09. The summed E-state index contributed by atoms with van der Waals surface area (Å²) in [6, 6.07) is 12.0. The second-order valence-electron chi connectivity index (χ2n) is 4.67. The Bertz CT molecular complexity index is 585. The third kappa shape index (κ3) is 5.08. The van der Waals surface area contributed by atoms with E-state index in [0.717, 1.165) is 12.1 Å². The van der Waals surface area contributed by atoms with Crippen LogP contribution >= 0.6 is 35.6 Å². The number of benzene rings is 2. The molecule has 21 heavy (non-hydrogen) atoms. The number of ether oxygens (including phenoxy) is 1. The van der Waals surface area contributed by atoms with E-state index in [1.807, 2.05) is 6.07 Å². The van der Waals surface area contributed by atoms with Crippen LogP contribution in [0.3, 0.4) is 0 Å². The summed E-state index contributed by atoms with van der Waals surface area (Å²) in [6.07, 6.45) is 0. The summed E-state index contributed by atoms with van der Waals surface area (Å²) in [4.78, 5) is 0. The summed E-state index contributed by atoms with van der Waals surface area (Å²) >= 11 is 12.1. The third-order valence-electron chi connectivity index (χ3n) is 3.05. The van der Waals surface area contributed by atoms with Crippen LogP contribution in [0.5, 0.6) is 5.75 Å². The van der Waals surface area contributed by atoms with Crippen molar-refractivity contribution in [2.45, 2.75) is 20.0 Å². The van der Waals surface area contributed by atoms with Gasteiger partial charge in [-0.05, 0) is 24.6 Å². The van der Waals surface area contributed by atoms with Gasteiger partial charge in [-0.25, -0.2) is 0 Å². The number of hydrogen-bond acceptors (Lipinski definition) is 2. The van der Waals surface area contributed by atoms with Crippen molar-refractivity contribution in [2.75, 3.05) is 7.11 Å². The maximum Gasteiger partial charge on any atom is 0.142 e. The summed E-state index contributed by atoms with van der Waals surface area (Å²) in [5, 5.41) is 4.52. The Morgan fingerprint density at radius 3 is 2.33 bits per heavy atom. The minimum Gasteiger partial charge on any atom is -0.495 e. The molecular weight excluding hydrogens is 329 g/mol. The number of nitrogens with one attached hydrogen (secondary N) is 1. The van der Waals surface area contributed by atoms with Crippen LogP contribution in [-0.2, 0) is 13.1 Å². The van der Waals surface area contributed by atoms with Crippen molar-refractivity contribution >= 4 is 35.6 Å². The van der Waals surface area contributed by atoms with Crippen molar-refractivity contribution in [3.05, 3.63) is 63.1 Å². The smallest absolute Gasteiger partial charge is 0.142 e. The number of hydrogen-bond donors (Lipinski definition) is 1. The van der Waals surface area contributed by atoms with Crippen molar-refractivity contribution in [3.8, 4) is 5.75 Å². The van der Waals surface area contributed by atoms with Gasteiger partial charge in [0.25, 0.3) is 0 Å². The Kier molecular flexibility index (Phi) is 7.33. The molecule has 0 spiro atoms. The van der Waals surface area contributed by atoms with Gasteiger partial charge in [0.15, 0.2) is 0 Å². The molecule has 1 N–H and O–H groups in total. The number of methoxy groups -OCH3 is 1. The van der Waals surface area contributed by atoms with Crippen LogP contribution in [0.25, 0.3) is 0 Å². The molecule has 0 heterocycles. The zero-order chi connectivity index (χ0) is 14.5. The van der Waals surface area contributed by atoms with Gasteiger partial charge in [0.05, 0.1) is 12.1 Å². The first-order valence-electron chi connectivity index (χ1n) is 6.38. The number of rotatable bonds is 5. The second-order valence-corrected chi connectivity index (χ2v) is 5.51. The first-order valence-corrected chi connectivity index (χ1v) is 7.14. The molecular formula is C16H18Cl3NO. The van der Waals surface area contributed by atoms with Gasteiger partial charge in [0.1, 0.15) is 5.75 Å².